The SMILES string of the molecule is C#CCN(CC1CC1)C(=O)N(CCOC)CC(=O)O. The number of urea groups is 1. The van der Waals surface area contributed by atoms with Crippen LogP contribution in [-0.2, 0) is 9.53 Å². The normalized spacial score (nSPS) is 13.7. The third-order valence-electron chi connectivity index (χ3n) is 2.89. The first-order valence-electron chi connectivity index (χ1n) is 6.26. The fourth-order valence-electron chi connectivity index (χ4n) is 1.74. The fraction of sp³-hybridized carbons (Fsp3) is 0.692. The molecule has 106 valence electrons. The number of hydrogen-bond acceptors (Lipinski definition) is 3. The standard InChI is InChI=1S/C13H20N2O4/c1-3-6-14(9-11-4-5-11)13(18)15(7-8-19-2)10-12(16)17/h1,11H,4-10H2,2H3,(H,16,17). The molecule has 6 heteroatoms. The molecule has 1 aliphatic carbocycles. The third-order valence-corrected chi connectivity index (χ3v) is 2.89. The maximum Gasteiger partial charge on any atom is 0.323 e. The van der Waals surface area contributed by atoms with Gasteiger partial charge in [-0.3, -0.25) is 4.79 Å². The van der Waals surface area contributed by atoms with Gasteiger partial charge in [0, 0.05) is 20.2 Å². The van der Waals surface area contributed by atoms with Gasteiger partial charge in [0.2, 0.25) is 0 Å². The lowest BCUT2D eigenvalue weighted by molar-refractivity contribution is -0.137. The van der Waals surface area contributed by atoms with Gasteiger partial charge in [0.25, 0.3) is 0 Å². The van der Waals surface area contributed by atoms with E-state index in [0.717, 1.165) is 12.8 Å². The van der Waals surface area contributed by atoms with Crippen LogP contribution in [0.2, 0.25) is 0 Å². The molecular weight excluding hydrogens is 248 g/mol. The first-order valence-corrected chi connectivity index (χ1v) is 6.26. The van der Waals surface area contributed by atoms with Gasteiger partial charge < -0.3 is 19.6 Å². The molecule has 0 aromatic rings. The van der Waals surface area contributed by atoms with Crippen molar-refractivity contribution in [1.29, 1.82) is 0 Å². The van der Waals surface area contributed by atoms with E-state index in [4.69, 9.17) is 16.3 Å². The Balaban J connectivity index is 2.63. The Bertz CT molecular complexity index is 360. The zero-order valence-electron chi connectivity index (χ0n) is 11.2. The maximum absolute atomic E-state index is 12.3. The number of methoxy groups -OCH3 is 1. The highest BCUT2D eigenvalue weighted by Gasteiger charge is 2.29. The van der Waals surface area contributed by atoms with Crippen molar-refractivity contribution in [2.45, 2.75) is 12.8 Å². The Morgan fingerprint density at radius 2 is 2.11 bits per heavy atom. The van der Waals surface area contributed by atoms with E-state index in [9.17, 15) is 9.59 Å². The molecule has 0 aromatic carbocycles. The van der Waals surface area contributed by atoms with Crippen LogP contribution in [-0.4, -0.2) is 66.8 Å². The zero-order valence-corrected chi connectivity index (χ0v) is 11.2. The van der Waals surface area contributed by atoms with Gasteiger partial charge in [-0.2, -0.15) is 0 Å². The monoisotopic (exact) mass is 268 g/mol. The summed E-state index contributed by atoms with van der Waals surface area (Å²) < 4.78 is 4.89. The molecule has 0 aliphatic heterocycles. The topological polar surface area (TPSA) is 70.1 Å². The van der Waals surface area contributed by atoms with Crippen LogP contribution in [0.1, 0.15) is 12.8 Å². The molecule has 0 unspecified atom stereocenters. The number of hydrogen-bond donors (Lipinski definition) is 1. The van der Waals surface area contributed by atoms with E-state index in [0.29, 0.717) is 19.1 Å². The van der Waals surface area contributed by atoms with Crippen LogP contribution in [0.25, 0.3) is 0 Å². The number of carbonyl (C=O) groups excluding carboxylic acids is 1. The molecule has 0 radical (unpaired) electrons. The Morgan fingerprint density at radius 1 is 1.42 bits per heavy atom. The highest BCUT2D eigenvalue weighted by molar-refractivity contribution is 5.80. The number of amides is 2. The second-order valence-corrected chi connectivity index (χ2v) is 4.62. The Morgan fingerprint density at radius 3 is 2.58 bits per heavy atom. The molecule has 0 bridgehead atoms. The van der Waals surface area contributed by atoms with Crippen LogP contribution >= 0.6 is 0 Å². The fourth-order valence-corrected chi connectivity index (χ4v) is 1.74. The van der Waals surface area contributed by atoms with Crippen molar-refractivity contribution in [3.8, 4) is 12.3 Å². The van der Waals surface area contributed by atoms with Crippen LogP contribution in [0.4, 0.5) is 4.79 Å². The Labute approximate surface area is 113 Å². The molecule has 0 saturated heterocycles. The zero-order chi connectivity index (χ0) is 14.3. The van der Waals surface area contributed by atoms with Crippen molar-refractivity contribution < 1.29 is 19.4 Å². The first kappa shape index (κ1) is 15.3. The lowest BCUT2D eigenvalue weighted by Crippen LogP contribution is -2.47. The summed E-state index contributed by atoms with van der Waals surface area (Å²) in [7, 11) is 1.51. The molecule has 0 heterocycles. The number of carboxylic acids is 1. The number of ether oxygens (including phenoxy) is 1. The minimum Gasteiger partial charge on any atom is -0.480 e. The predicted octanol–water partition coefficient (Wildman–Crippen LogP) is 0.485. The highest BCUT2D eigenvalue weighted by Crippen LogP contribution is 2.29. The second kappa shape index (κ2) is 7.64. The summed E-state index contributed by atoms with van der Waals surface area (Å²) in [4.78, 5) is 25.9. The number of aliphatic carboxylic acids is 1. The van der Waals surface area contributed by atoms with E-state index in [2.05, 4.69) is 5.92 Å². The van der Waals surface area contributed by atoms with Crippen LogP contribution in [0, 0.1) is 18.3 Å². The molecule has 19 heavy (non-hydrogen) atoms. The predicted molar refractivity (Wildman–Crippen MR) is 69.6 cm³/mol. The number of rotatable bonds is 8. The van der Waals surface area contributed by atoms with Gasteiger partial charge in [-0.05, 0) is 18.8 Å². The molecule has 6 nitrogen and oxygen atoms in total. The number of carbonyl (C=O) groups is 2. The van der Waals surface area contributed by atoms with Crippen LogP contribution in [0.15, 0.2) is 0 Å². The van der Waals surface area contributed by atoms with Gasteiger partial charge in [-0.15, -0.1) is 6.42 Å². The van der Waals surface area contributed by atoms with Crippen LogP contribution in [0.5, 0.6) is 0 Å². The quantitative estimate of drug-likeness (QED) is 0.650. The average Bonchev–Trinajstić information content (AvgIpc) is 3.16. The van der Waals surface area contributed by atoms with E-state index in [-0.39, 0.29) is 25.7 Å². The Hall–Kier alpha value is -1.74. The summed E-state index contributed by atoms with van der Waals surface area (Å²) in [6.07, 6.45) is 7.47. The number of carboxylic acid groups (broad SMARTS) is 1. The van der Waals surface area contributed by atoms with E-state index in [1.54, 1.807) is 0 Å². The van der Waals surface area contributed by atoms with Crippen molar-refractivity contribution in [3.05, 3.63) is 0 Å². The first-order chi connectivity index (χ1) is 9.08. The van der Waals surface area contributed by atoms with E-state index >= 15 is 0 Å². The molecular formula is C13H20N2O4. The largest absolute Gasteiger partial charge is 0.480 e. The van der Waals surface area contributed by atoms with Gasteiger partial charge in [0.1, 0.15) is 6.54 Å². The summed E-state index contributed by atoms with van der Waals surface area (Å²) in [5.74, 6) is 1.91. The van der Waals surface area contributed by atoms with E-state index in [1.165, 1.54) is 16.9 Å². The smallest absolute Gasteiger partial charge is 0.323 e. The minimum atomic E-state index is -1.04. The van der Waals surface area contributed by atoms with Gasteiger partial charge in [-0.1, -0.05) is 5.92 Å². The lowest BCUT2D eigenvalue weighted by atomic mass is 10.3. The van der Waals surface area contributed by atoms with Gasteiger partial charge in [0.15, 0.2) is 0 Å². The van der Waals surface area contributed by atoms with Crippen LogP contribution in [0.3, 0.4) is 0 Å². The molecule has 0 spiro atoms. The molecule has 1 rings (SSSR count). The third kappa shape index (κ3) is 5.62. The van der Waals surface area contributed by atoms with Crippen molar-refractivity contribution >= 4 is 12.0 Å². The second-order valence-electron chi connectivity index (χ2n) is 4.62. The van der Waals surface area contributed by atoms with Gasteiger partial charge in [-0.25, -0.2) is 4.79 Å². The van der Waals surface area contributed by atoms with Crippen molar-refractivity contribution in [1.82, 2.24) is 9.80 Å². The molecule has 1 aliphatic rings. The summed E-state index contributed by atoms with van der Waals surface area (Å²) in [5, 5.41) is 8.84. The molecule has 1 fully saturated rings. The van der Waals surface area contributed by atoms with E-state index < -0.39 is 5.97 Å². The van der Waals surface area contributed by atoms with Crippen molar-refractivity contribution in [2.24, 2.45) is 5.92 Å². The summed E-state index contributed by atoms with van der Waals surface area (Å²) in [5.41, 5.74) is 0. The number of terminal acetylenes is 1. The van der Waals surface area contributed by atoms with Crippen molar-refractivity contribution in [2.75, 3.05) is 39.9 Å². The summed E-state index contributed by atoms with van der Waals surface area (Å²) in [6.45, 7) is 1.01. The van der Waals surface area contributed by atoms with Crippen molar-refractivity contribution in [3.63, 3.8) is 0 Å². The van der Waals surface area contributed by atoms with E-state index in [1.807, 2.05) is 0 Å². The molecule has 0 aromatic heterocycles. The highest BCUT2D eigenvalue weighted by atomic mass is 16.5. The maximum atomic E-state index is 12.3. The summed E-state index contributed by atoms with van der Waals surface area (Å²) in [6, 6.07) is -0.329. The Kier molecular flexibility index (Phi) is 6.16. The van der Waals surface area contributed by atoms with Gasteiger partial charge in [0.05, 0.1) is 13.2 Å². The molecule has 1 saturated carbocycles. The molecule has 0 atom stereocenters. The van der Waals surface area contributed by atoms with Crippen LogP contribution < -0.4 is 0 Å². The summed E-state index contributed by atoms with van der Waals surface area (Å²) >= 11 is 0. The average molecular weight is 268 g/mol. The molecule has 1 N–H and O–H groups in total. The number of nitrogens with zero attached hydrogens (tertiary/aromatic N) is 2. The molecule has 2 amide bonds. The van der Waals surface area contributed by atoms with Gasteiger partial charge >= 0.3 is 12.0 Å². The lowest BCUT2D eigenvalue weighted by Gasteiger charge is -2.28. The minimum absolute atomic E-state index is 0.207.